The summed E-state index contributed by atoms with van der Waals surface area (Å²) in [5, 5.41) is 0. The highest BCUT2D eigenvalue weighted by atomic mass is 15.2. The smallest absolute Gasteiger partial charge is 0.230 e. The highest BCUT2D eigenvalue weighted by Gasteiger charge is 2.38. The Balaban J connectivity index is 1.57. The Morgan fingerprint density at radius 1 is 0.714 bits per heavy atom. The summed E-state index contributed by atoms with van der Waals surface area (Å²) < 4.78 is 9.68. The molecule has 0 saturated heterocycles. The molecule has 2 aromatic carbocycles. The number of nitrogens with zero attached hydrogens (tertiary/aromatic N) is 4. The van der Waals surface area contributed by atoms with Crippen molar-refractivity contribution < 1.29 is 9.13 Å². The molecule has 2 aromatic heterocycles. The van der Waals surface area contributed by atoms with Gasteiger partial charge in [-0.05, 0) is 43.5 Å². The van der Waals surface area contributed by atoms with Crippen LogP contribution in [0.15, 0.2) is 48.5 Å². The number of hydrogen-bond donors (Lipinski definition) is 0. The van der Waals surface area contributed by atoms with Crippen molar-refractivity contribution in [2.45, 2.75) is 37.5 Å². The van der Waals surface area contributed by atoms with E-state index in [1.54, 1.807) is 0 Å². The molecule has 5 rings (SSSR count). The minimum absolute atomic E-state index is 0.596. The van der Waals surface area contributed by atoms with Gasteiger partial charge >= 0.3 is 0 Å². The van der Waals surface area contributed by atoms with Crippen LogP contribution in [0.2, 0.25) is 0 Å². The minimum Gasteiger partial charge on any atom is -0.230 e. The van der Waals surface area contributed by atoms with Crippen LogP contribution in [0.4, 0.5) is 0 Å². The predicted octanol–water partition coefficient (Wildman–Crippen LogP) is 3.76. The summed E-state index contributed by atoms with van der Waals surface area (Å²) in [6.07, 6.45) is 5.07. The van der Waals surface area contributed by atoms with Crippen molar-refractivity contribution in [2.75, 3.05) is 0 Å². The Kier molecular flexibility index (Phi) is 4.04. The molecule has 4 aromatic rings. The molecule has 2 atom stereocenters. The number of aryl methyl sites for hydroxylation is 4. The molecular formula is C24H30N4+2. The molecule has 0 radical (unpaired) electrons. The lowest BCUT2D eigenvalue weighted by Gasteiger charge is -2.25. The number of fused-ring (bicyclic) bond motifs is 2. The number of aromatic nitrogens is 4. The third-order valence-corrected chi connectivity index (χ3v) is 6.99. The van der Waals surface area contributed by atoms with Crippen LogP contribution in [-0.4, -0.2) is 9.13 Å². The second-order valence-corrected chi connectivity index (χ2v) is 8.49. The quantitative estimate of drug-likeness (QED) is 0.476. The summed E-state index contributed by atoms with van der Waals surface area (Å²) in [4.78, 5) is 0. The molecule has 1 aliphatic rings. The van der Waals surface area contributed by atoms with Gasteiger partial charge in [0, 0.05) is 0 Å². The molecule has 1 saturated carbocycles. The van der Waals surface area contributed by atoms with Crippen molar-refractivity contribution in [3.05, 3.63) is 60.2 Å². The number of rotatable bonds is 2. The number of hydrogen-bond acceptors (Lipinski definition) is 0. The largest absolute Gasteiger partial charge is 0.260 e. The van der Waals surface area contributed by atoms with E-state index in [-0.39, 0.29) is 0 Å². The van der Waals surface area contributed by atoms with Gasteiger partial charge in [-0.15, -0.1) is 0 Å². The summed E-state index contributed by atoms with van der Waals surface area (Å²) in [7, 11) is 8.94. The highest BCUT2D eigenvalue weighted by Crippen LogP contribution is 2.40. The lowest BCUT2D eigenvalue weighted by molar-refractivity contribution is -0.658. The van der Waals surface area contributed by atoms with Crippen molar-refractivity contribution in [1.29, 1.82) is 0 Å². The zero-order valence-corrected chi connectivity index (χ0v) is 17.4. The summed E-state index contributed by atoms with van der Waals surface area (Å²) >= 11 is 0. The molecule has 4 heteroatoms. The van der Waals surface area contributed by atoms with Gasteiger partial charge in [-0.2, -0.15) is 0 Å². The maximum Gasteiger partial charge on any atom is 0.260 e. The van der Waals surface area contributed by atoms with Crippen LogP contribution >= 0.6 is 0 Å². The molecule has 1 fully saturated rings. The predicted molar refractivity (Wildman–Crippen MR) is 112 cm³/mol. The van der Waals surface area contributed by atoms with E-state index in [0.717, 1.165) is 0 Å². The molecule has 2 heterocycles. The van der Waals surface area contributed by atoms with E-state index in [9.17, 15) is 0 Å². The van der Waals surface area contributed by atoms with Gasteiger partial charge in [-0.25, -0.2) is 18.3 Å². The van der Waals surface area contributed by atoms with Crippen molar-refractivity contribution in [3.63, 3.8) is 0 Å². The Morgan fingerprint density at radius 3 is 1.57 bits per heavy atom. The van der Waals surface area contributed by atoms with Crippen LogP contribution in [0, 0.1) is 0 Å². The lowest BCUT2D eigenvalue weighted by Crippen LogP contribution is -2.38. The lowest BCUT2D eigenvalue weighted by atomic mass is 9.80. The third-order valence-electron chi connectivity index (χ3n) is 6.99. The first-order valence-electron chi connectivity index (χ1n) is 10.4. The molecule has 0 amide bonds. The van der Waals surface area contributed by atoms with Gasteiger partial charge < -0.3 is 0 Å². The van der Waals surface area contributed by atoms with Crippen LogP contribution < -0.4 is 9.13 Å². The second kappa shape index (κ2) is 6.47. The van der Waals surface area contributed by atoms with Gasteiger partial charge in [0.05, 0.1) is 40.0 Å². The molecule has 0 unspecified atom stereocenters. The molecule has 4 nitrogen and oxygen atoms in total. The molecule has 1 aliphatic carbocycles. The van der Waals surface area contributed by atoms with Crippen molar-refractivity contribution in [3.8, 4) is 0 Å². The summed E-state index contributed by atoms with van der Waals surface area (Å²) in [5.41, 5.74) is 5.32. The maximum absolute atomic E-state index is 2.42. The monoisotopic (exact) mass is 374 g/mol. The molecule has 0 N–H and O–H groups in total. The number of benzene rings is 2. The zero-order valence-electron chi connectivity index (χ0n) is 17.4. The molecule has 0 aliphatic heterocycles. The van der Waals surface area contributed by atoms with E-state index < -0.39 is 0 Å². The van der Waals surface area contributed by atoms with E-state index in [4.69, 9.17) is 0 Å². The van der Waals surface area contributed by atoms with Crippen LogP contribution in [-0.2, 0) is 28.2 Å². The van der Waals surface area contributed by atoms with Gasteiger partial charge in [0.25, 0.3) is 11.6 Å². The Bertz CT molecular complexity index is 1010. The molecule has 0 bridgehead atoms. The van der Waals surface area contributed by atoms with Gasteiger partial charge in [-0.3, -0.25) is 0 Å². The van der Waals surface area contributed by atoms with Crippen LogP contribution in [0.25, 0.3) is 22.1 Å². The summed E-state index contributed by atoms with van der Waals surface area (Å²) in [6, 6.07) is 17.5. The maximum atomic E-state index is 2.42. The van der Waals surface area contributed by atoms with Crippen LogP contribution in [0.3, 0.4) is 0 Å². The molecule has 0 spiro atoms. The Morgan fingerprint density at radius 2 is 1.14 bits per heavy atom. The van der Waals surface area contributed by atoms with Crippen molar-refractivity contribution in [1.82, 2.24) is 9.13 Å². The van der Waals surface area contributed by atoms with Gasteiger partial charge in [0.2, 0.25) is 0 Å². The van der Waals surface area contributed by atoms with E-state index in [1.807, 2.05) is 0 Å². The zero-order chi connectivity index (χ0) is 19.4. The fourth-order valence-corrected chi connectivity index (χ4v) is 5.76. The van der Waals surface area contributed by atoms with E-state index in [0.29, 0.717) is 11.8 Å². The third kappa shape index (κ3) is 2.43. The highest BCUT2D eigenvalue weighted by molar-refractivity contribution is 5.73. The van der Waals surface area contributed by atoms with Crippen LogP contribution in [0.1, 0.15) is 49.2 Å². The molecular weight excluding hydrogens is 344 g/mol. The number of imidazole rings is 2. The summed E-state index contributed by atoms with van der Waals surface area (Å²) in [6.45, 7) is 0. The van der Waals surface area contributed by atoms with E-state index in [1.165, 1.54) is 59.4 Å². The molecule has 28 heavy (non-hydrogen) atoms. The van der Waals surface area contributed by atoms with E-state index >= 15 is 0 Å². The second-order valence-electron chi connectivity index (χ2n) is 8.49. The SMILES string of the molecule is Cn1c([C@@H]2CCC[C@H](c3n(C)c4ccccc4[n+]3C)C2)[n+](C)c2ccccc21. The first-order valence-corrected chi connectivity index (χ1v) is 10.4. The number of para-hydroxylation sites is 4. The first kappa shape index (κ1) is 17.5. The average molecular weight is 375 g/mol. The van der Waals surface area contributed by atoms with Crippen molar-refractivity contribution >= 4 is 22.1 Å². The van der Waals surface area contributed by atoms with Gasteiger partial charge in [-0.1, -0.05) is 30.7 Å². The minimum atomic E-state index is 0.596. The average Bonchev–Trinajstić information content (AvgIpc) is 3.13. The normalized spacial score (nSPS) is 20.3. The topological polar surface area (TPSA) is 17.6 Å². The Labute approximate surface area is 166 Å². The van der Waals surface area contributed by atoms with Crippen LogP contribution in [0.5, 0.6) is 0 Å². The first-order chi connectivity index (χ1) is 13.6. The molecule has 144 valence electrons. The summed E-state index contributed by atoms with van der Waals surface area (Å²) in [5.74, 6) is 4.12. The fraction of sp³-hybridized carbons (Fsp3) is 0.417. The van der Waals surface area contributed by atoms with Gasteiger partial charge in [0.1, 0.15) is 0 Å². The van der Waals surface area contributed by atoms with E-state index in [2.05, 4.69) is 95.0 Å². The standard InChI is InChI=1S/C24H30N4/c1-25-19-12-5-6-13-20(19)26(2)23(25)17-10-9-11-18(16-17)24-27(3)21-14-7-8-15-22(21)28(24)4/h5-8,12-15,17-18H,9-11,16H2,1-4H3/q+2/t17-,18+. The Hall–Kier alpha value is -2.62. The fourth-order valence-electron chi connectivity index (χ4n) is 5.76. The van der Waals surface area contributed by atoms with Gasteiger partial charge in [0.15, 0.2) is 22.1 Å². The van der Waals surface area contributed by atoms with Crippen molar-refractivity contribution in [2.24, 2.45) is 28.2 Å².